The van der Waals surface area contributed by atoms with Crippen LogP contribution < -0.4 is 4.90 Å². The molecule has 0 saturated heterocycles. The molecule has 0 N–H and O–H groups in total. The van der Waals surface area contributed by atoms with Crippen LogP contribution in [0.1, 0.15) is 25.0 Å². The van der Waals surface area contributed by atoms with Crippen molar-refractivity contribution in [2.75, 3.05) is 4.90 Å². The van der Waals surface area contributed by atoms with Gasteiger partial charge in [0.15, 0.2) is 0 Å². The summed E-state index contributed by atoms with van der Waals surface area (Å²) in [6.07, 6.45) is 0. The van der Waals surface area contributed by atoms with Crippen LogP contribution in [0.25, 0.3) is 88.7 Å². The molecule has 12 rings (SSSR count). The molecule has 1 aromatic heterocycles. The number of hydrogen-bond acceptors (Lipinski definition) is 2. The number of rotatable bonds is 8. The van der Waals surface area contributed by atoms with Gasteiger partial charge in [0.25, 0.3) is 0 Å². The molecule has 308 valence electrons. The topological polar surface area (TPSA) is 16.4 Å². The Morgan fingerprint density at radius 3 is 1.58 bits per heavy atom. The number of benzene rings is 10. The molecule has 1 aliphatic carbocycles. The summed E-state index contributed by atoms with van der Waals surface area (Å²) in [6, 6.07) is 85.9. The number of para-hydroxylation sites is 2. The second kappa shape index (κ2) is 15.6. The Bertz CT molecular complexity index is 3540. The maximum atomic E-state index is 6.48. The summed E-state index contributed by atoms with van der Waals surface area (Å²) in [6.45, 7) is 4.72. The lowest BCUT2D eigenvalue weighted by Gasteiger charge is -2.27. The highest BCUT2D eigenvalue weighted by atomic mass is 16.3. The lowest BCUT2D eigenvalue weighted by atomic mass is 9.81. The van der Waals surface area contributed by atoms with Crippen LogP contribution in [-0.4, -0.2) is 0 Å². The number of furan rings is 1. The Hall–Kier alpha value is -8.20. The lowest BCUT2D eigenvalue weighted by molar-refractivity contribution is 0.660. The van der Waals surface area contributed by atoms with E-state index in [2.05, 4.69) is 243 Å². The second-order valence-corrected chi connectivity index (χ2v) is 17.7. The van der Waals surface area contributed by atoms with E-state index >= 15 is 0 Å². The summed E-state index contributed by atoms with van der Waals surface area (Å²) in [7, 11) is 0. The van der Waals surface area contributed by atoms with Gasteiger partial charge < -0.3 is 9.32 Å². The number of anilines is 3. The van der Waals surface area contributed by atoms with E-state index < -0.39 is 0 Å². The monoisotopic (exact) mass is 831 g/mol. The zero-order valence-electron chi connectivity index (χ0n) is 36.4. The van der Waals surface area contributed by atoms with E-state index in [1.165, 1.54) is 66.8 Å². The molecule has 2 heteroatoms. The van der Waals surface area contributed by atoms with E-state index in [-0.39, 0.29) is 5.41 Å². The number of nitrogens with zero attached hydrogens (tertiary/aromatic N) is 1. The van der Waals surface area contributed by atoms with Gasteiger partial charge >= 0.3 is 0 Å². The van der Waals surface area contributed by atoms with Crippen molar-refractivity contribution in [1.29, 1.82) is 0 Å². The minimum atomic E-state index is -0.111. The summed E-state index contributed by atoms with van der Waals surface area (Å²) in [5.74, 6) is 0. The predicted octanol–water partition coefficient (Wildman–Crippen LogP) is 17.7. The van der Waals surface area contributed by atoms with Gasteiger partial charge in [0, 0.05) is 38.8 Å². The summed E-state index contributed by atoms with van der Waals surface area (Å²) in [5, 5.41) is 2.26. The zero-order valence-corrected chi connectivity index (χ0v) is 36.4. The molecule has 65 heavy (non-hydrogen) atoms. The van der Waals surface area contributed by atoms with Gasteiger partial charge in [-0.15, -0.1) is 0 Å². The zero-order chi connectivity index (χ0) is 43.5. The molecule has 11 aromatic rings. The third kappa shape index (κ3) is 6.65. The highest BCUT2D eigenvalue weighted by molar-refractivity contribution is 6.09. The van der Waals surface area contributed by atoms with Gasteiger partial charge in [-0.3, -0.25) is 0 Å². The van der Waals surface area contributed by atoms with E-state index in [9.17, 15) is 0 Å². The minimum Gasteiger partial charge on any atom is -0.455 e. The van der Waals surface area contributed by atoms with Gasteiger partial charge in [0.1, 0.15) is 11.2 Å². The molecule has 0 bridgehead atoms. The van der Waals surface area contributed by atoms with Crippen LogP contribution in [0.15, 0.2) is 241 Å². The first-order valence-corrected chi connectivity index (χ1v) is 22.5. The van der Waals surface area contributed by atoms with E-state index in [0.29, 0.717) is 0 Å². The molecular formula is C63H45NO. The van der Waals surface area contributed by atoms with Gasteiger partial charge in [-0.05, 0) is 127 Å². The fraction of sp³-hybridized carbons (Fsp3) is 0.0476. The molecule has 0 fully saturated rings. The number of fused-ring (bicyclic) bond motifs is 6. The SMILES string of the molecule is CC1(C)c2ccccc2-c2ccc(-c3ccc(N(c4ccc(-c5ccccc5)cc4)c4ccc(-c5cccc6c5oc5ccccc56)cc4)cc3-c3cccc(-c4ccccc4)c3)cc21. The summed E-state index contributed by atoms with van der Waals surface area (Å²) in [4.78, 5) is 2.39. The largest absolute Gasteiger partial charge is 0.455 e. The minimum absolute atomic E-state index is 0.111. The van der Waals surface area contributed by atoms with Gasteiger partial charge in [-0.2, -0.15) is 0 Å². The molecule has 1 heterocycles. The quantitative estimate of drug-likeness (QED) is 0.152. The van der Waals surface area contributed by atoms with Crippen molar-refractivity contribution in [1.82, 2.24) is 0 Å². The van der Waals surface area contributed by atoms with Crippen molar-refractivity contribution in [2.45, 2.75) is 19.3 Å². The molecule has 0 saturated carbocycles. The van der Waals surface area contributed by atoms with Crippen molar-refractivity contribution in [3.8, 4) is 66.8 Å². The molecule has 0 atom stereocenters. The summed E-state index contributed by atoms with van der Waals surface area (Å²) < 4.78 is 6.48. The van der Waals surface area contributed by atoms with Crippen molar-refractivity contribution in [3.05, 3.63) is 248 Å². The molecule has 10 aromatic carbocycles. The Morgan fingerprint density at radius 2 is 0.815 bits per heavy atom. The molecule has 0 spiro atoms. The second-order valence-electron chi connectivity index (χ2n) is 17.7. The third-order valence-corrected chi connectivity index (χ3v) is 13.5. The Morgan fingerprint density at radius 1 is 0.308 bits per heavy atom. The maximum Gasteiger partial charge on any atom is 0.143 e. The van der Waals surface area contributed by atoms with E-state index in [0.717, 1.165) is 50.1 Å². The van der Waals surface area contributed by atoms with Gasteiger partial charge in [-0.1, -0.05) is 196 Å². The van der Waals surface area contributed by atoms with Crippen molar-refractivity contribution in [2.24, 2.45) is 0 Å². The molecule has 0 radical (unpaired) electrons. The smallest absolute Gasteiger partial charge is 0.143 e. The van der Waals surface area contributed by atoms with Gasteiger partial charge in [0.2, 0.25) is 0 Å². The van der Waals surface area contributed by atoms with E-state index in [1.807, 2.05) is 12.1 Å². The molecule has 0 aliphatic heterocycles. The first-order chi connectivity index (χ1) is 32.0. The van der Waals surface area contributed by atoms with E-state index in [1.54, 1.807) is 0 Å². The Balaban J connectivity index is 1.02. The Labute approximate surface area is 380 Å². The average Bonchev–Trinajstić information content (AvgIpc) is 3.87. The Kier molecular flexibility index (Phi) is 9.21. The van der Waals surface area contributed by atoms with Crippen molar-refractivity contribution >= 4 is 39.0 Å². The highest BCUT2D eigenvalue weighted by Crippen LogP contribution is 2.51. The first-order valence-electron chi connectivity index (χ1n) is 22.5. The van der Waals surface area contributed by atoms with Crippen LogP contribution in [-0.2, 0) is 5.41 Å². The fourth-order valence-corrected chi connectivity index (χ4v) is 10.2. The molecule has 0 unspecified atom stereocenters. The van der Waals surface area contributed by atoms with Crippen LogP contribution in [0.5, 0.6) is 0 Å². The van der Waals surface area contributed by atoms with E-state index in [4.69, 9.17) is 4.42 Å². The highest BCUT2D eigenvalue weighted by Gasteiger charge is 2.35. The maximum absolute atomic E-state index is 6.48. The van der Waals surface area contributed by atoms with Crippen LogP contribution in [0.4, 0.5) is 17.1 Å². The standard InChI is InChI=1S/C63H45NO/c1-63(2)59-25-11-9-21-54(59)55-37-31-48(40-60(55)63)52-38-36-51(41-58(52)47-20-13-19-46(39-47)43-17-7-4-8-18-43)64(49-32-27-44(28-33-49)42-15-5-3-6-16-42)50-34-29-45(30-35-50)53-23-14-24-57-56-22-10-12-26-61(56)65-62(53)57/h3-41H,1-2H3. The first kappa shape index (κ1) is 38.5. The fourth-order valence-electron chi connectivity index (χ4n) is 10.2. The van der Waals surface area contributed by atoms with Crippen molar-refractivity contribution in [3.63, 3.8) is 0 Å². The van der Waals surface area contributed by atoms with Crippen LogP contribution in [0.2, 0.25) is 0 Å². The lowest BCUT2D eigenvalue weighted by Crippen LogP contribution is -2.14. The third-order valence-electron chi connectivity index (χ3n) is 13.5. The van der Waals surface area contributed by atoms with Crippen LogP contribution >= 0.6 is 0 Å². The molecule has 2 nitrogen and oxygen atoms in total. The van der Waals surface area contributed by atoms with Gasteiger partial charge in [0.05, 0.1) is 0 Å². The van der Waals surface area contributed by atoms with Crippen LogP contribution in [0, 0.1) is 0 Å². The molecular weight excluding hydrogens is 787 g/mol. The van der Waals surface area contributed by atoms with Crippen LogP contribution in [0.3, 0.4) is 0 Å². The van der Waals surface area contributed by atoms with Crippen molar-refractivity contribution < 1.29 is 4.42 Å². The van der Waals surface area contributed by atoms with Gasteiger partial charge in [-0.25, -0.2) is 0 Å². The normalized spacial score (nSPS) is 12.6. The molecule has 0 amide bonds. The number of hydrogen-bond donors (Lipinski definition) is 0. The molecule has 1 aliphatic rings. The summed E-state index contributed by atoms with van der Waals surface area (Å²) in [5.41, 5.74) is 22.0. The average molecular weight is 832 g/mol. The summed E-state index contributed by atoms with van der Waals surface area (Å²) >= 11 is 0. The predicted molar refractivity (Wildman–Crippen MR) is 273 cm³/mol.